The highest BCUT2D eigenvalue weighted by Gasteiger charge is 2.27. The zero-order valence-electron chi connectivity index (χ0n) is 13.9. The van der Waals surface area contributed by atoms with Crippen LogP contribution in [0.1, 0.15) is 11.1 Å². The number of ether oxygens (including phenoxy) is 1. The van der Waals surface area contributed by atoms with Crippen LogP contribution in [0.3, 0.4) is 0 Å². The van der Waals surface area contributed by atoms with E-state index < -0.39 is 37.2 Å². The lowest BCUT2D eigenvalue weighted by molar-refractivity contribution is -0.176. The van der Waals surface area contributed by atoms with Crippen molar-refractivity contribution in [3.05, 3.63) is 71.3 Å². The van der Waals surface area contributed by atoms with E-state index in [1.807, 2.05) is 0 Å². The first kappa shape index (κ1) is 19.3. The van der Waals surface area contributed by atoms with Crippen LogP contribution >= 0.6 is 0 Å². The summed E-state index contributed by atoms with van der Waals surface area (Å²) in [6.45, 7) is -1.82. The Bertz CT molecular complexity index is 836. The van der Waals surface area contributed by atoms with E-state index in [1.54, 1.807) is 11.1 Å². The van der Waals surface area contributed by atoms with E-state index in [4.69, 9.17) is 5.73 Å². The van der Waals surface area contributed by atoms with Crippen LogP contribution in [-0.4, -0.2) is 18.9 Å². The van der Waals surface area contributed by atoms with Gasteiger partial charge in [-0.2, -0.15) is 13.2 Å². The van der Waals surface area contributed by atoms with Gasteiger partial charge in [0.1, 0.15) is 18.2 Å². The molecule has 1 atom stereocenters. The van der Waals surface area contributed by atoms with Crippen LogP contribution < -0.4 is 16.2 Å². The number of hydrogen-bond acceptors (Lipinski definition) is 4. The molecule has 1 heterocycles. The van der Waals surface area contributed by atoms with Gasteiger partial charge >= 0.3 is 6.18 Å². The van der Waals surface area contributed by atoms with Crippen molar-refractivity contribution in [1.82, 2.24) is 5.43 Å². The van der Waals surface area contributed by atoms with E-state index in [-0.39, 0.29) is 5.56 Å². The van der Waals surface area contributed by atoms with Crippen molar-refractivity contribution in [3.8, 4) is 0 Å². The fraction of sp³-hybridized carbons (Fsp3) is 0.222. The summed E-state index contributed by atoms with van der Waals surface area (Å²) >= 11 is 0. The predicted octanol–water partition coefficient (Wildman–Crippen LogP) is 3.69. The molecular weight excluding hydrogens is 369 g/mol. The summed E-state index contributed by atoms with van der Waals surface area (Å²) in [5.74, 6) is -1.04. The van der Waals surface area contributed by atoms with E-state index >= 15 is 0 Å². The number of nitrogens with one attached hydrogen (secondary N) is 1. The van der Waals surface area contributed by atoms with Gasteiger partial charge in [0.15, 0.2) is 0 Å². The maximum absolute atomic E-state index is 14.0. The van der Waals surface area contributed by atoms with Crippen LogP contribution in [0.25, 0.3) is 5.70 Å². The Kier molecular flexibility index (Phi) is 5.45. The number of nitrogens with zero attached hydrogens (tertiary/aromatic N) is 1. The highest BCUT2D eigenvalue weighted by Crippen LogP contribution is 2.30. The van der Waals surface area contributed by atoms with E-state index in [2.05, 4.69) is 10.2 Å². The molecule has 3 N–H and O–H groups in total. The zero-order chi connectivity index (χ0) is 19.6. The smallest absolute Gasteiger partial charge is 0.367 e. The van der Waals surface area contributed by atoms with Crippen molar-refractivity contribution in [1.29, 1.82) is 0 Å². The first-order valence-corrected chi connectivity index (χ1v) is 7.95. The van der Waals surface area contributed by atoms with Gasteiger partial charge in [-0.25, -0.2) is 14.2 Å². The summed E-state index contributed by atoms with van der Waals surface area (Å²) in [4.78, 5) is 0. The third kappa shape index (κ3) is 5.03. The fourth-order valence-corrected chi connectivity index (χ4v) is 2.70. The van der Waals surface area contributed by atoms with Gasteiger partial charge in [-0.3, -0.25) is 5.01 Å². The monoisotopic (exact) mass is 385 g/mol. The van der Waals surface area contributed by atoms with Crippen LogP contribution in [-0.2, 0) is 11.3 Å². The summed E-state index contributed by atoms with van der Waals surface area (Å²) in [5, 5.41) is 1.55. The normalized spacial score (nSPS) is 17.3. The second-order valence-corrected chi connectivity index (χ2v) is 5.97. The van der Waals surface area contributed by atoms with Crippen LogP contribution in [0.15, 0.2) is 48.5 Å². The Labute approximate surface area is 152 Å². The SMILES string of the molecule is NC1C=C(c2cc(F)cc(COCC(F)(F)F)c2)N(c2ccc(F)cc2)N1. The van der Waals surface area contributed by atoms with Gasteiger partial charge in [-0.1, -0.05) is 0 Å². The molecule has 27 heavy (non-hydrogen) atoms. The van der Waals surface area contributed by atoms with Crippen LogP contribution in [0.4, 0.5) is 27.6 Å². The molecule has 0 amide bonds. The van der Waals surface area contributed by atoms with Crippen LogP contribution in [0.5, 0.6) is 0 Å². The maximum Gasteiger partial charge on any atom is 0.411 e. The van der Waals surface area contributed by atoms with Gasteiger partial charge in [-0.15, -0.1) is 0 Å². The van der Waals surface area contributed by atoms with Gasteiger partial charge in [0.2, 0.25) is 0 Å². The molecule has 0 aromatic heterocycles. The van der Waals surface area contributed by atoms with Gasteiger partial charge < -0.3 is 10.5 Å². The third-order valence-electron chi connectivity index (χ3n) is 3.73. The first-order chi connectivity index (χ1) is 12.7. The Balaban J connectivity index is 1.85. The summed E-state index contributed by atoms with van der Waals surface area (Å²) in [6, 6.07) is 9.41. The molecule has 2 aromatic rings. The minimum absolute atomic E-state index is 0.245. The Morgan fingerprint density at radius 2 is 1.74 bits per heavy atom. The summed E-state index contributed by atoms with van der Waals surface area (Å²) in [7, 11) is 0. The predicted molar refractivity (Wildman–Crippen MR) is 90.1 cm³/mol. The van der Waals surface area contributed by atoms with E-state index in [0.717, 1.165) is 6.07 Å². The van der Waals surface area contributed by atoms with Crippen molar-refractivity contribution in [2.24, 2.45) is 5.73 Å². The van der Waals surface area contributed by atoms with Crippen molar-refractivity contribution < 1.29 is 26.7 Å². The van der Waals surface area contributed by atoms with Crippen molar-refractivity contribution in [2.45, 2.75) is 18.9 Å². The molecule has 4 nitrogen and oxygen atoms in total. The molecule has 0 saturated heterocycles. The largest absolute Gasteiger partial charge is 0.411 e. The molecule has 0 saturated carbocycles. The number of hydrogen-bond donors (Lipinski definition) is 2. The highest BCUT2D eigenvalue weighted by molar-refractivity contribution is 5.81. The third-order valence-corrected chi connectivity index (χ3v) is 3.73. The van der Waals surface area contributed by atoms with Gasteiger partial charge in [0.05, 0.1) is 24.2 Å². The molecule has 144 valence electrons. The van der Waals surface area contributed by atoms with E-state index in [9.17, 15) is 22.0 Å². The van der Waals surface area contributed by atoms with Gasteiger partial charge in [0, 0.05) is 5.56 Å². The number of benzene rings is 2. The molecule has 0 aliphatic carbocycles. The van der Waals surface area contributed by atoms with E-state index in [1.165, 1.54) is 36.4 Å². The second-order valence-electron chi connectivity index (χ2n) is 5.97. The van der Waals surface area contributed by atoms with E-state index in [0.29, 0.717) is 16.9 Å². The fourth-order valence-electron chi connectivity index (χ4n) is 2.70. The molecule has 0 spiro atoms. The Morgan fingerprint density at radius 1 is 1.04 bits per heavy atom. The molecule has 1 unspecified atom stereocenters. The lowest BCUT2D eigenvalue weighted by Gasteiger charge is -2.24. The molecule has 1 aliphatic heterocycles. The summed E-state index contributed by atoms with van der Waals surface area (Å²) in [5.41, 5.74) is 10.5. The highest BCUT2D eigenvalue weighted by atomic mass is 19.4. The number of anilines is 1. The molecule has 2 aromatic carbocycles. The minimum atomic E-state index is -4.46. The number of nitrogens with two attached hydrogens (primary N) is 1. The zero-order valence-corrected chi connectivity index (χ0v) is 13.9. The summed E-state index contributed by atoms with van der Waals surface area (Å²) < 4.78 is 68.4. The van der Waals surface area contributed by atoms with Crippen molar-refractivity contribution >= 4 is 11.4 Å². The quantitative estimate of drug-likeness (QED) is 0.771. The number of halogens is 5. The topological polar surface area (TPSA) is 50.5 Å². The lowest BCUT2D eigenvalue weighted by Crippen LogP contribution is -2.41. The van der Waals surface area contributed by atoms with Crippen molar-refractivity contribution in [3.63, 3.8) is 0 Å². The van der Waals surface area contributed by atoms with Crippen LogP contribution in [0, 0.1) is 11.6 Å². The Morgan fingerprint density at radius 3 is 2.41 bits per heavy atom. The lowest BCUT2D eigenvalue weighted by atomic mass is 10.1. The molecule has 3 rings (SSSR count). The molecule has 0 bridgehead atoms. The Hall–Kier alpha value is -2.49. The van der Waals surface area contributed by atoms with Gasteiger partial charge in [0.25, 0.3) is 0 Å². The number of alkyl halides is 3. The summed E-state index contributed by atoms with van der Waals surface area (Å²) in [6.07, 6.45) is -3.41. The molecular formula is C18H16F5N3O. The maximum atomic E-state index is 14.0. The first-order valence-electron chi connectivity index (χ1n) is 7.95. The standard InChI is InChI=1S/C18H16F5N3O/c19-13-1-3-15(4-2-13)26-16(8-17(24)25-26)12-5-11(6-14(20)7-12)9-27-10-18(21,22)23/h1-8,17,25H,9-10,24H2. The molecule has 0 fully saturated rings. The average Bonchev–Trinajstić information content (AvgIpc) is 2.96. The van der Waals surface area contributed by atoms with Crippen molar-refractivity contribution in [2.75, 3.05) is 11.6 Å². The average molecular weight is 385 g/mol. The minimum Gasteiger partial charge on any atom is -0.367 e. The van der Waals surface area contributed by atoms with Gasteiger partial charge in [-0.05, 0) is 54.1 Å². The van der Waals surface area contributed by atoms with Crippen LogP contribution in [0.2, 0.25) is 0 Å². The second kappa shape index (κ2) is 7.63. The molecule has 0 radical (unpaired) electrons. The molecule has 1 aliphatic rings. The number of hydrazine groups is 1. The molecule has 9 heteroatoms. The number of rotatable bonds is 5.